The van der Waals surface area contributed by atoms with Crippen molar-refractivity contribution >= 4 is 44.7 Å². The van der Waals surface area contributed by atoms with E-state index in [1.54, 1.807) is 0 Å². The quantitative estimate of drug-likeness (QED) is 0.885. The zero-order chi connectivity index (χ0) is 14.9. The fourth-order valence-corrected chi connectivity index (χ4v) is 3.93. The monoisotopic (exact) mass is 333 g/mol. The number of carboxylic acid groups (broad SMARTS) is 1. The maximum atomic E-state index is 12.1. The number of thiophene rings is 1. The molecule has 0 unspecified atom stereocenters. The molecule has 2 rings (SSSR count). The summed E-state index contributed by atoms with van der Waals surface area (Å²) in [5.41, 5.74) is 0. The van der Waals surface area contributed by atoms with E-state index >= 15 is 0 Å². The van der Waals surface area contributed by atoms with Crippen LogP contribution in [0.1, 0.15) is 14.5 Å². The average Bonchev–Trinajstić information content (AvgIpc) is 2.75. The summed E-state index contributed by atoms with van der Waals surface area (Å²) in [7, 11) is -3.92. The minimum absolute atomic E-state index is 0.00289. The predicted octanol–water partition coefficient (Wildman–Crippen LogP) is 2.00. The molecule has 0 amide bonds. The molecule has 0 aromatic carbocycles. The number of aromatic carboxylic acids is 1. The number of nitrogens with zero attached hydrogens (tertiary/aromatic N) is 2. The smallest absolute Gasteiger partial charge is 0.345 e. The van der Waals surface area contributed by atoms with Gasteiger partial charge in [0.15, 0.2) is 11.0 Å². The summed E-state index contributed by atoms with van der Waals surface area (Å²) in [5.74, 6) is -1.18. The molecule has 0 spiro atoms. The third-order valence-corrected chi connectivity index (χ3v) is 5.09. The minimum atomic E-state index is -3.92. The minimum Gasteiger partial charge on any atom is -0.477 e. The highest BCUT2D eigenvalue weighted by molar-refractivity contribution is 7.93. The third kappa shape index (κ3) is 3.06. The molecule has 0 fully saturated rings. The summed E-state index contributed by atoms with van der Waals surface area (Å²) in [6.07, 6.45) is 0. The molecule has 0 aliphatic carbocycles. The van der Waals surface area contributed by atoms with Gasteiger partial charge in [0.2, 0.25) is 0 Å². The summed E-state index contributed by atoms with van der Waals surface area (Å²) in [5, 5.41) is 16.1. The van der Waals surface area contributed by atoms with Crippen LogP contribution in [0.15, 0.2) is 23.1 Å². The molecule has 0 atom stereocenters. The molecule has 10 heteroatoms. The molecule has 0 aliphatic rings. The predicted molar refractivity (Wildman–Crippen MR) is 73.9 cm³/mol. The van der Waals surface area contributed by atoms with E-state index in [4.69, 9.17) is 16.7 Å². The van der Waals surface area contributed by atoms with Gasteiger partial charge in [-0.25, -0.2) is 13.2 Å². The van der Waals surface area contributed by atoms with Gasteiger partial charge in [-0.15, -0.1) is 21.5 Å². The van der Waals surface area contributed by atoms with E-state index in [0.29, 0.717) is 4.88 Å². The Kier molecular flexibility index (Phi) is 3.93. The Morgan fingerprint density at radius 1 is 1.40 bits per heavy atom. The Hall–Kier alpha value is -1.71. The van der Waals surface area contributed by atoms with Crippen LogP contribution in [0.2, 0.25) is 5.15 Å². The van der Waals surface area contributed by atoms with Crippen LogP contribution in [0.25, 0.3) is 0 Å². The van der Waals surface area contributed by atoms with Gasteiger partial charge in [0, 0.05) is 4.88 Å². The normalized spacial score (nSPS) is 11.3. The molecule has 0 bridgehead atoms. The molecular formula is C10H8ClN3O4S2. The van der Waals surface area contributed by atoms with E-state index in [2.05, 4.69) is 14.9 Å². The lowest BCUT2D eigenvalue weighted by molar-refractivity contribution is 0.0702. The molecule has 0 saturated heterocycles. The van der Waals surface area contributed by atoms with E-state index in [0.717, 1.165) is 17.4 Å². The van der Waals surface area contributed by atoms with Gasteiger partial charge in [-0.1, -0.05) is 11.6 Å². The highest BCUT2D eigenvalue weighted by Gasteiger charge is 2.22. The standard InChI is InChI=1S/C10H8ClN3O4S2/c1-5-7(4-6(19-5)10(15)16)20(17,18)14-9-3-2-8(11)12-13-9/h2-4H,1H3,(H,13,14)(H,15,16). The molecule has 0 aliphatic heterocycles. The van der Waals surface area contributed by atoms with Crippen LogP contribution in [0.3, 0.4) is 0 Å². The van der Waals surface area contributed by atoms with Crippen LogP contribution < -0.4 is 4.72 Å². The maximum absolute atomic E-state index is 12.1. The lowest BCUT2D eigenvalue weighted by Crippen LogP contribution is -2.14. The number of halogens is 1. The number of hydrogen-bond donors (Lipinski definition) is 2. The number of aryl methyl sites for hydroxylation is 1. The van der Waals surface area contributed by atoms with Crippen molar-refractivity contribution in [2.45, 2.75) is 11.8 Å². The molecule has 20 heavy (non-hydrogen) atoms. The van der Waals surface area contributed by atoms with Crippen LogP contribution in [-0.2, 0) is 10.0 Å². The van der Waals surface area contributed by atoms with Gasteiger partial charge >= 0.3 is 5.97 Å². The first-order valence-electron chi connectivity index (χ1n) is 5.15. The fraction of sp³-hybridized carbons (Fsp3) is 0.100. The van der Waals surface area contributed by atoms with Crippen molar-refractivity contribution < 1.29 is 18.3 Å². The van der Waals surface area contributed by atoms with Crippen molar-refractivity contribution in [3.05, 3.63) is 33.1 Å². The van der Waals surface area contributed by atoms with E-state index in [1.165, 1.54) is 19.1 Å². The molecule has 0 radical (unpaired) electrons. The van der Waals surface area contributed by atoms with Gasteiger partial charge in [-0.05, 0) is 25.1 Å². The lowest BCUT2D eigenvalue weighted by Gasteiger charge is -2.05. The van der Waals surface area contributed by atoms with Crippen molar-refractivity contribution in [2.75, 3.05) is 4.72 Å². The Balaban J connectivity index is 2.35. The number of sulfonamides is 1. The number of carboxylic acids is 1. The first kappa shape index (κ1) is 14.7. The SMILES string of the molecule is Cc1sc(C(=O)O)cc1S(=O)(=O)Nc1ccc(Cl)nn1. The molecule has 2 heterocycles. The highest BCUT2D eigenvalue weighted by Crippen LogP contribution is 2.27. The van der Waals surface area contributed by atoms with Crippen molar-refractivity contribution in [3.63, 3.8) is 0 Å². The van der Waals surface area contributed by atoms with Crippen molar-refractivity contribution in [3.8, 4) is 0 Å². The first-order valence-corrected chi connectivity index (χ1v) is 7.83. The van der Waals surface area contributed by atoms with Gasteiger partial charge in [0.1, 0.15) is 9.77 Å². The number of anilines is 1. The molecule has 2 N–H and O–H groups in total. The summed E-state index contributed by atoms with van der Waals surface area (Å²) >= 11 is 6.44. The second-order valence-corrected chi connectivity index (χ2v) is 6.98. The number of hydrogen-bond acceptors (Lipinski definition) is 6. The Morgan fingerprint density at radius 2 is 2.10 bits per heavy atom. The Labute approximate surface area is 123 Å². The van der Waals surface area contributed by atoms with Crippen molar-refractivity contribution in [1.82, 2.24) is 10.2 Å². The van der Waals surface area contributed by atoms with Crippen LogP contribution in [0, 0.1) is 6.92 Å². The maximum Gasteiger partial charge on any atom is 0.345 e. The zero-order valence-corrected chi connectivity index (χ0v) is 12.4. The number of nitrogens with one attached hydrogen (secondary N) is 1. The van der Waals surface area contributed by atoms with Gasteiger partial charge in [0.25, 0.3) is 10.0 Å². The van der Waals surface area contributed by atoms with Crippen molar-refractivity contribution in [2.24, 2.45) is 0 Å². The summed E-state index contributed by atoms with van der Waals surface area (Å²) in [6, 6.07) is 3.84. The molecular weight excluding hydrogens is 326 g/mol. The fourth-order valence-electron chi connectivity index (χ4n) is 1.40. The molecule has 7 nitrogen and oxygen atoms in total. The highest BCUT2D eigenvalue weighted by atomic mass is 35.5. The first-order chi connectivity index (χ1) is 9.29. The number of aromatic nitrogens is 2. The summed E-state index contributed by atoms with van der Waals surface area (Å²) in [4.78, 5) is 11.1. The summed E-state index contributed by atoms with van der Waals surface area (Å²) in [6.45, 7) is 1.53. The molecule has 2 aromatic heterocycles. The van der Waals surface area contributed by atoms with E-state index in [1.807, 2.05) is 0 Å². The topological polar surface area (TPSA) is 109 Å². The van der Waals surface area contributed by atoms with Gasteiger partial charge in [0.05, 0.1) is 0 Å². The van der Waals surface area contributed by atoms with Gasteiger partial charge in [-0.2, -0.15) is 0 Å². The van der Waals surface area contributed by atoms with Crippen LogP contribution in [-0.4, -0.2) is 29.7 Å². The molecule has 2 aromatic rings. The van der Waals surface area contributed by atoms with E-state index < -0.39 is 16.0 Å². The van der Waals surface area contributed by atoms with Gasteiger partial charge in [-0.3, -0.25) is 4.72 Å². The molecule has 0 saturated carbocycles. The number of rotatable bonds is 4. The van der Waals surface area contributed by atoms with Crippen LogP contribution >= 0.6 is 22.9 Å². The second kappa shape index (κ2) is 5.35. The molecule has 106 valence electrons. The van der Waals surface area contributed by atoms with E-state index in [9.17, 15) is 13.2 Å². The zero-order valence-electron chi connectivity index (χ0n) is 9.99. The second-order valence-electron chi connectivity index (χ2n) is 3.68. The third-order valence-electron chi connectivity index (χ3n) is 2.24. The number of carbonyl (C=O) groups is 1. The Morgan fingerprint density at radius 3 is 2.60 bits per heavy atom. The Bertz CT molecular complexity index is 755. The van der Waals surface area contributed by atoms with Crippen molar-refractivity contribution in [1.29, 1.82) is 0 Å². The van der Waals surface area contributed by atoms with Crippen LogP contribution in [0.5, 0.6) is 0 Å². The summed E-state index contributed by atoms with van der Waals surface area (Å²) < 4.78 is 26.5. The van der Waals surface area contributed by atoms with Gasteiger partial charge < -0.3 is 5.11 Å². The van der Waals surface area contributed by atoms with E-state index in [-0.39, 0.29) is 20.7 Å². The van der Waals surface area contributed by atoms with Crippen LogP contribution in [0.4, 0.5) is 5.82 Å². The average molecular weight is 334 g/mol. The lowest BCUT2D eigenvalue weighted by atomic mass is 10.4. The largest absolute Gasteiger partial charge is 0.477 e.